The molecule has 0 aliphatic rings. The Balaban J connectivity index is 1.75. The molecule has 0 atom stereocenters. The molecule has 0 aliphatic heterocycles. The molecule has 4 aromatic rings. The maximum Gasteiger partial charge on any atom is 0.324 e. The Morgan fingerprint density at radius 2 is 1.84 bits per heavy atom. The van der Waals surface area contributed by atoms with E-state index in [0.29, 0.717) is 23.4 Å². The fourth-order valence-electron chi connectivity index (χ4n) is 2.58. The zero-order chi connectivity index (χ0) is 17.2. The van der Waals surface area contributed by atoms with E-state index in [-0.39, 0.29) is 0 Å². The Morgan fingerprint density at radius 3 is 2.64 bits per heavy atom. The molecular weight excluding hydrogens is 314 g/mol. The van der Waals surface area contributed by atoms with Crippen molar-refractivity contribution >= 4 is 22.5 Å². The van der Waals surface area contributed by atoms with E-state index < -0.39 is 0 Å². The molecule has 6 heteroatoms. The number of nitrogens with zero attached hydrogens (tertiary/aromatic N) is 3. The first-order valence-corrected chi connectivity index (χ1v) is 7.98. The highest BCUT2D eigenvalue weighted by molar-refractivity contribution is 5.90. The van der Waals surface area contributed by atoms with Crippen molar-refractivity contribution in [3.05, 3.63) is 65.9 Å². The molecule has 2 aromatic carbocycles. The molecule has 0 fully saturated rings. The second-order valence-electron chi connectivity index (χ2n) is 5.85. The lowest BCUT2D eigenvalue weighted by Crippen LogP contribution is -2.00. The average Bonchev–Trinajstić information content (AvgIpc) is 3.00. The maximum atomic E-state index is 5.86. The molecule has 0 aliphatic carbocycles. The molecule has 0 saturated heterocycles. The second-order valence-corrected chi connectivity index (χ2v) is 5.85. The van der Waals surface area contributed by atoms with Gasteiger partial charge in [0.1, 0.15) is 11.6 Å². The SMILES string of the molecule is Cc1cccc(Oc2nc(Nc3cc(C)[nH]n3)c3ccccc3n2)c1. The van der Waals surface area contributed by atoms with Crippen LogP contribution in [-0.4, -0.2) is 20.2 Å². The van der Waals surface area contributed by atoms with Crippen molar-refractivity contribution in [1.82, 2.24) is 20.2 Å². The molecule has 124 valence electrons. The van der Waals surface area contributed by atoms with Crippen LogP contribution in [0.15, 0.2) is 54.6 Å². The summed E-state index contributed by atoms with van der Waals surface area (Å²) in [5, 5.41) is 11.3. The first kappa shape index (κ1) is 15.1. The van der Waals surface area contributed by atoms with Crippen LogP contribution in [0, 0.1) is 13.8 Å². The van der Waals surface area contributed by atoms with Gasteiger partial charge in [-0.05, 0) is 43.7 Å². The van der Waals surface area contributed by atoms with Crippen molar-refractivity contribution in [1.29, 1.82) is 0 Å². The van der Waals surface area contributed by atoms with Gasteiger partial charge in [0.2, 0.25) is 0 Å². The molecule has 6 nitrogen and oxygen atoms in total. The van der Waals surface area contributed by atoms with Gasteiger partial charge in [-0.25, -0.2) is 0 Å². The van der Waals surface area contributed by atoms with Crippen LogP contribution in [0.5, 0.6) is 11.8 Å². The summed E-state index contributed by atoms with van der Waals surface area (Å²) in [5.74, 6) is 2.06. The Hall–Kier alpha value is -3.41. The zero-order valence-corrected chi connectivity index (χ0v) is 13.9. The molecule has 0 saturated carbocycles. The fraction of sp³-hybridized carbons (Fsp3) is 0.105. The normalized spacial score (nSPS) is 10.8. The minimum absolute atomic E-state index is 0.291. The van der Waals surface area contributed by atoms with Crippen molar-refractivity contribution in [3.8, 4) is 11.8 Å². The average molecular weight is 331 g/mol. The molecule has 0 bridgehead atoms. The third-order valence-electron chi connectivity index (χ3n) is 3.73. The summed E-state index contributed by atoms with van der Waals surface area (Å²) in [5.41, 5.74) is 2.88. The molecule has 0 unspecified atom stereocenters. The number of anilines is 2. The highest BCUT2D eigenvalue weighted by atomic mass is 16.5. The molecule has 2 N–H and O–H groups in total. The van der Waals surface area contributed by atoms with Crippen molar-refractivity contribution in [2.45, 2.75) is 13.8 Å². The number of ether oxygens (including phenoxy) is 1. The van der Waals surface area contributed by atoms with E-state index in [0.717, 1.165) is 22.2 Å². The molecule has 0 amide bonds. The number of H-pyrrole nitrogens is 1. The number of aryl methyl sites for hydroxylation is 2. The van der Waals surface area contributed by atoms with Crippen LogP contribution < -0.4 is 10.1 Å². The van der Waals surface area contributed by atoms with Crippen LogP contribution in [0.3, 0.4) is 0 Å². The number of aromatic nitrogens is 4. The lowest BCUT2D eigenvalue weighted by molar-refractivity contribution is 0.445. The van der Waals surface area contributed by atoms with Gasteiger partial charge in [-0.2, -0.15) is 15.1 Å². The van der Waals surface area contributed by atoms with Crippen molar-refractivity contribution in [2.24, 2.45) is 0 Å². The molecule has 2 heterocycles. The molecule has 2 aromatic heterocycles. The monoisotopic (exact) mass is 331 g/mol. The van der Waals surface area contributed by atoms with Crippen LogP contribution in [0.1, 0.15) is 11.3 Å². The number of benzene rings is 2. The molecule has 25 heavy (non-hydrogen) atoms. The number of fused-ring (bicyclic) bond motifs is 1. The molecule has 0 spiro atoms. The summed E-state index contributed by atoms with van der Waals surface area (Å²) in [4.78, 5) is 9.04. The van der Waals surface area contributed by atoms with Crippen molar-refractivity contribution < 1.29 is 4.74 Å². The van der Waals surface area contributed by atoms with E-state index in [1.54, 1.807) is 0 Å². The van der Waals surface area contributed by atoms with Crippen LogP contribution >= 0.6 is 0 Å². The van der Waals surface area contributed by atoms with Gasteiger partial charge in [-0.1, -0.05) is 24.3 Å². The lowest BCUT2D eigenvalue weighted by Gasteiger charge is -2.10. The van der Waals surface area contributed by atoms with Crippen LogP contribution in [0.4, 0.5) is 11.6 Å². The first-order valence-electron chi connectivity index (χ1n) is 7.98. The standard InChI is InChI=1S/C19H17N5O/c1-12-6-5-7-14(10-12)25-19-20-16-9-4-3-8-15(16)18(22-19)21-17-11-13(2)23-24-17/h3-11H,1-2H3,(H2,20,21,22,23,24). The Kier molecular flexibility index (Phi) is 3.78. The highest BCUT2D eigenvalue weighted by Gasteiger charge is 2.11. The van der Waals surface area contributed by atoms with Gasteiger partial charge in [0.05, 0.1) is 5.52 Å². The number of hydrogen-bond acceptors (Lipinski definition) is 5. The minimum Gasteiger partial charge on any atom is -0.424 e. The van der Waals surface area contributed by atoms with E-state index in [1.807, 2.05) is 68.4 Å². The highest BCUT2D eigenvalue weighted by Crippen LogP contribution is 2.27. The summed E-state index contributed by atoms with van der Waals surface area (Å²) in [7, 11) is 0. The van der Waals surface area contributed by atoms with Gasteiger partial charge in [0.25, 0.3) is 0 Å². The summed E-state index contributed by atoms with van der Waals surface area (Å²) in [6.07, 6.45) is 0. The third-order valence-corrected chi connectivity index (χ3v) is 3.73. The predicted octanol–water partition coefficient (Wildman–Crippen LogP) is 4.51. The predicted molar refractivity (Wildman–Crippen MR) is 97.4 cm³/mol. The van der Waals surface area contributed by atoms with E-state index in [9.17, 15) is 0 Å². The topological polar surface area (TPSA) is 75.7 Å². The van der Waals surface area contributed by atoms with Gasteiger partial charge in [-0.3, -0.25) is 5.10 Å². The van der Waals surface area contributed by atoms with E-state index >= 15 is 0 Å². The molecule has 4 rings (SSSR count). The minimum atomic E-state index is 0.291. The summed E-state index contributed by atoms with van der Waals surface area (Å²) in [6.45, 7) is 3.96. The number of para-hydroxylation sites is 1. The molecular formula is C19H17N5O. The summed E-state index contributed by atoms with van der Waals surface area (Å²) in [6, 6.07) is 17.8. The van der Waals surface area contributed by atoms with Gasteiger partial charge in [0, 0.05) is 17.1 Å². The van der Waals surface area contributed by atoms with E-state index in [4.69, 9.17) is 4.74 Å². The largest absolute Gasteiger partial charge is 0.424 e. The smallest absolute Gasteiger partial charge is 0.324 e. The lowest BCUT2D eigenvalue weighted by atomic mass is 10.2. The van der Waals surface area contributed by atoms with Crippen LogP contribution in [-0.2, 0) is 0 Å². The summed E-state index contributed by atoms with van der Waals surface area (Å²) >= 11 is 0. The number of hydrogen-bond donors (Lipinski definition) is 2. The van der Waals surface area contributed by atoms with Gasteiger partial charge < -0.3 is 10.1 Å². The zero-order valence-electron chi connectivity index (χ0n) is 13.9. The maximum absolute atomic E-state index is 5.86. The Morgan fingerprint density at radius 1 is 0.960 bits per heavy atom. The van der Waals surface area contributed by atoms with Crippen molar-refractivity contribution in [2.75, 3.05) is 5.32 Å². The van der Waals surface area contributed by atoms with E-state index in [1.165, 1.54) is 0 Å². The fourth-order valence-corrected chi connectivity index (χ4v) is 2.58. The quantitative estimate of drug-likeness (QED) is 0.575. The Labute approximate surface area is 144 Å². The number of aromatic amines is 1. The van der Waals surface area contributed by atoms with Gasteiger partial charge in [-0.15, -0.1) is 0 Å². The molecule has 0 radical (unpaired) electrons. The van der Waals surface area contributed by atoms with E-state index in [2.05, 4.69) is 25.5 Å². The van der Waals surface area contributed by atoms with Crippen LogP contribution in [0.25, 0.3) is 10.9 Å². The first-order chi connectivity index (χ1) is 12.2. The van der Waals surface area contributed by atoms with Crippen LogP contribution in [0.2, 0.25) is 0 Å². The van der Waals surface area contributed by atoms with Gasteiger partial charge >= 0.3 is 6.01 Å². The number of nitrogens with one attached hydrogen (secondary N) is 2. The Bertz CT molecular complexity index is 1040. The number of rotatable bonds is 4. The van der Waals surface area contributed by atoms with Gasteiger partial charge in [0.15, 0.2) is 5.82 Å². The second kappa shape index (κ2) is 6.24. The third kappa shape index (κ3) is 3.28. The summed E-state index contributed by atoms with van der Waals surface area (Å²) < 4.78 is 5.86. The van der Waals surface area contributed by atoms with Crippen molar-refractivity contribution in [3.63, 3.8) is 0 Å².